The van der Waals surface area contributed by atoms with Gasteiger partial charge in [-0.2, -0.15) is 0 Å². The maximum atomic E-state index is 12.4. The average molecular weight is 420 g/mol. The normalized spacial score (nSPS) is 12.0. The molecule has 0 bridgehead atoms. The lowest BCUT2D eigenvalue weighted by Crippen LogP contribution is -2.19. The lowest BCUT2D eigenvalue weighted by molar-refractivity contribution is -0.385. The maximum absolute atomic E-state index is 12.4. The molecular weight excluding hydrogens is 404 g/mol. The van der Waals surface area contributed by atoms with Crippen LogP contribution in [0, 0.1) is 10.1 Å². The van der Waals surface area contributed by atoms with E-state index in [0.29, 0.717) is 6.07 Å². The van der Waals surface area contributed by atoms with Crippen LogP contribution in [0.2, 0.25) is 0 Å². The number of phenolic OH excluding ortho intramolecular Hbond substituents is 1. The van der Waals surface area contributed by atoms with Gasteiger partial charge in [0.05, 0.1) is 16.2 Å². The fourth-order valence-electron chi connectivity index (χ4n) is 3.75. The second-order valence-electron chi connectivity index (χ2n) is 6.90. The van der Waals surface area contributed by atoms with E-state index in [-0.39, 0.29) is 18.2 Å². The van der Waals surface area contributed by atoms with E-state index in [1.807, 2.05) is 48.5 Å². The van der Waals surface area contributed by atoms with E-state index >= 15 is 0 Å². The molecule has 9 nitrogen and oxygen atoms in total. The van der Waals surface area contributed by atoms with Crippen LogP contribution in [0.5, 0.6) is 5.75 Å². The highest BCUT2D eigenvalue weighted by Crippen LogP contribution is 2.44. The van der Waals surface area contributed by atoms with Crippen molar-refractivity contribution in [3.8, 4) is 16.9 Å². The van der Waals surface area contributed by atoms with Gasteiger partial charge >= 0.3 is 17.7 Å². The first-order chi connectivity index (χ1) is 14.9. The number of nitro benzene ring substituents is 1. The summed E-state index contributed by atoms with van der Waals surface area (Å²) in [6.07, 6.45) is -0.947. The SMILES string of the molecule is O=C(Nc1cc(O)c([N+](=O)[O-])cc1C(=O)O)OCC1c2ccccc2-c2ccccc21. The molecule has 0 spiro atoms. The van der Waals surface area contributed by atoms with Gasteiger partial charge in [0, 0.05) is 18.1 Å². The molecule has 1 aliphatic rings. The number of hydrogen-bond donors (Lipinski definition) is 3. The predicted octanol–water partition coefficient (Wildman–Crippen LogP) is 4.36. The first-order valence-electron chi connectivity index (χ1n) is 9.23. The van der Waals surface area contributed by atoms with Gasteiger partial charge < -0.3 is 14.9 Å². The number of carboxylic acids is 1. The second kappa shape index (κ2) is 7.79. The largest absolute Gasteiger partial charge is 0.502 e. The summed E-state index contributed by atoms with van der Waals surface area (Å²) in [5.41, 5.74) is 2.49. The number of nitrogens with zero attached hydrogens (tertiary/aromatic N) is 1. The third-order valence-electron chi connectivity index (χ3n) is 5.12. The summed E-state index contributed by atoms with van der Waals surface area (Å²) in [7, 11) is 0. The van der Waals surface area contributed by atoms with Gasteiger partial charge in [-0.15, -0.1) is 0 Å². The number of carbonyl (C=O) groups excluding carboxylic acids is 1. The number of hydrogen-bond acceptors (Lipinski definition) is 6. The number of aromatic carboxylic acids is 1. The number of carbonyl (C=O) groups is 2. The summed E-state index contributed by atoms with van der Waals surface area (Å²) >= 11 is 0. The first-order valence-corrected chi connectivity index (χ1v) is 9.23. The molecule has 0 atom stereocenters. The molecule has 0 aromatic heterocycles. The molecule has 0 saturated heterocycles. The van der Waals surface area contributed by atoms with Crippen LogP contribution in [-0.4, -0.2) is 33.8 Å². The van der Waals surface area contributed by atoms with Gasteiger partial charge in [0.2, 0.25) is 0 Å². The van der Waals surface area contributed by atoms with Crippen molar-refractivity contribution < 1.29 is 29.5 Å². The van der Waals surface area contributed by atoms with Crippen molar-refractivity contribution in [1.82, 2.24) is 0 Å². The van der Waals surface area contributed by atoms with Crippen molar-refractivity contribution >= 4 is 23.4 Å². The number of carboxylic acid groups (broad SMARTS) is 1. The van der Waals surface area contributed by atoms with Crippen LogP contribution in [0.15, 0.2) is 60.7 Å². The molecule has 0 saturated carbocycles. The van der Waals surface area contributed by atoms with Crippen molar-refractivity contribution in [2.75, 3.05) is 11.9 Å². The number of aromatic hydroxyl groups is 1. The van der Waals surface area contributed by atoms with Crippen LogP contribution in [0.25, 0.3) is 11.1 Å². The Morgan fingerprint density at radius 1 is 1.03 bits per heavy atom. The zero-order valence-corrected chi connectivity index (χ0v) is 15.9. The van der Waals surface area contributed by atoms with E-state index in [1.165, 1.54) is 0 Å². The molecule has 156 valence electrons. The Balaban J connectivity index is 1.54. The number of fused-ring (bicyclic) bond motifs is 3. The molecule has 31 heavy (non-hydrogen) atoms. The number of amides is 1. The summed E-state index contributed by atoms with van der Waals surface area (Å²) in [6.45, 7) is 0.00122. The molecular formula is C22H16N2O7. The number of nitro groups is 1. The molecule has 0 fully saturated rings. The van der Waals surface area contributed by atoms with Crippen LogP contribution >= 0.6 is 0 Å². The molecule has 3 N–H and O–H groups in total. The number of benzene rings is 3. The van der Waals surface area contributed by atoms with Gasteiger partial charge in [0.25, 0.3) is 0 Å². The summed E-state index contributed by atoms with van der Waals surface area (Å²) in [5, 5.41) is 32.2. The van der Waals surface area contributed by atoms with E-state index in [4.69, 9.17) is 4.74 Å². The van der Waals surface area contributed by atoms with Gasteiger partial charge in [-0.25, -0.2) is 9.59 Å². The monoisotopic (exact) mass is 420 g/mol. The molecule has 4 rings (SSSR count). The minimum atomic E-state index is -1.50. The summed E-state index contributed by atoms with van der Waals surface area (Å²) in [5.74, 6) is -2.47. The summed E-state index contributed by atoms with van der Waals surface area (Å²) in [4.78, 5) is 33.8. The zero-order valence-electron chi connectivity index (χ0n) is 15.9. The van der Waals surface area contributed by atoms with Crippen LogP contribution in [-0.2, 0) is 4.74 Å². The Morgan fingerprint density at radius 3 is 2.16 bits per heavy atom. The summed E-state index contributed by atoms with van der Waals surface area (Å²) in [6, 6.07) is 17.0. The number of rotatable bonds is 5. The molecule has 1 aliphatic carbocycles. The molecule has 3 aromatic carbocycles. The van der Waals surface area contributed by atoms with E-state index < -0.39 is 34.0 Å². The first kappa shape index (κ1) is 19.9. The highest BCUT2D eigenvalue weighted by molar-refractivity contribution is 6.00. The van der Waals surface area contributed by atoms with Gasteiger partial charge in [-0.1, -0.05) is 48.5 Å². The van der Waals surface area contributed by atoms with Gasteiger partial charge in [0.1, 0.15) is 6.61 Å². The topological polar surface area (TPSA) is 139 Å². The minimum Gasteiger partial charge on any atom is -0.502 e. The molecule has 0 aliphatic heterocycles. The maximum Gasteiger partial charge on any atom is 0.411 e. The van der Waals surface area contributed by atoms with E-state index in [1.54, 1.807) is 0 Å². The average Bonchev–Trinajstić information content (AvgIpc) is 3.05. The number of phenols is 1. The van der Waals surface area contributed by atoms with Crippen LogP contribution in [0.3, 0.4) is 0 Å². The van der Waals surface area contributed by atoms with Crippen LogP contribution in [0.1, 0.15) is 27.4 Å². The Labute approximate surface area is 175 Å². The van der Waals surface area contributed by atoms with Crippen molar-refractivity contribution in [1.29, 1.82) is 0 Å². The Kier molecular flexibility index (Phi) is 5.00. The van der Waals surface area contributed by atoms with Crippen molar-refractivity contribution in [2.45, 2.75) is 5.92 Å². The minimum absolute atomic E-state index is 0.00122. The van der Waals surface area contributed by atoms with Crippen molar-refractivity contribution in [2.24, 2.45) is 0 Å². The van der Waals surface area contributed by atoms with E-state index in [0.717, 1.165) is 28.3 Å². The molecule has 0 radical (unpaired) electrons. The third kappa shape index (κ3) is 3.64. The van der Waals surface area contributed by atoms with E-state index in [9.17, 15) is 29.9 Å². The quantitative estimate of drug-likeness (QED) is 0.412. The number of anilines is 1. The lowest BCUT2D eigenvalue weighted by Gasteiger charge is -2.15. The fourth-order valence-corrected chi connectivity index (χ4v) is 3.75. The Hall–Kier alpha value is -4.40. The number of nitrogens with one attached hydrogen (secondary N) is 1. The zero-order chi connectivity index (χ0) is 22.1. The molecule has 0 heterocycles. The summed E-state index contributed by atoms with van der Waals surface area (Å²) < 4.78 is 5.34. The van der Waals surface area contributed by atoms with Crippen molar-refractivity contribution in [3.05, 3.63) is 87.5 Å². The fraction of sp³-hybridized carbons (Fsp3) is 0.0909. The lowest BCUT2D eigenvalue weighted by atomic mass is 9.98. The molecule has 3 aromatic rings. The molecule has 1 amide bonds. The molecule has 0 unspecified atom stereocenters. The van der Waals surface area contributed by atoms with Gasteiger partial charge in [-0.05, 0) is 22.3 Å². The Morgan fingerprint density at radius 2 is 1.61 bits per heavy atom. The molecule has 9 heteroatoms. The van der Waals surface area contributed by atoms with Crippen LogP contribution < -0.4 is 5.32 Å². The van der Waals surface area contributed by atoms with Crippen LogP contribution in [0.4, 0.5) is 16.2 Å². The third-order valence-corrected chi connectivity index (χ3v) is 5.12. The van der Waals surface area contributed by atoms with E-state index in [2.05, 4.69) is 5.32 Å². The Bertz CT molecular complexity index is 1180. The smallest absolute Gasteiger partial charge is 0.411 e. The predicted molar refractivity (Wildman–Crippen MR) is 110 cm³/mol. The second-order valence-corrected chi connectivity index (χ2v) is 6.90. The number of ether oxygens (including phenoxy) is 1. The van der Waals surface area contributed by atoms with Crippen molar-refractivity contribution in [3.63, 3.8) is 0 Å². The van der Waals surface area contributed by atoms with Gasteiger partial charge in [-0.3, -0.25) is 15.4 Å². The highest BCUT2D eigenvalue weighted by atomic mass is 16.6. The standard InChI is InChI=1S/C22H16N2O7/c25-20-10-18(16(21(26)27)9-19(20)24(29)30)23-22(28)31-11-17-14-7-3-1-5-12(14)13-6-2-4-8-15(13)17/h1-10,17,25H,11H2,(H,23,28)(H,26,27). The highest BCUT2D eigenvalue weighted by Gasteiger charge is 2.29. The van der Waals surface area contributed by atoms with Gasteiger partial charge in [0.15, 0.2) is 5.75 Å².